The minimum atomic E-state index is -0.471. The molecule has 8 nitrogen and oxygen atoms in total. The van der Waals surface area contributed by atoms with Crippen LogP contribution in [0.1, 0.15) is 41.0 Å². The van der Waals surface area contributed by atoms with Crippen LogP contribution in [0.5, 0.6) is 0 Å². The number of hydrogen-bond acceptors (Lipinski definition) is 5. The number of piperazine rings is 1. The Kier molecular flexibility index (Phi) is 11.6. The molecule has 0 aromatic heterocycles. The Labute approximate surface area is 193 Å². The third kappa shape index (κ3) is 9.69. The van der Waals surface area contributed by atoms with E-state index in [1.165, 1.54) is 0 Å². The maximum Gasteiger partial charge on any atom is 0.407 e. The minimum absolute atomic E-state index is 0. The Morgan fingerprint density at radius 1 is 1.10 bits per heavy atom. The molecule has 1 unspecified atom stereocenters. The fourth-order valence-corrected chi connectivity index (χ4v) is 3.60. The Hall–Kier alpha value is -0.810. The fraction of sp³-hybridized carbons (Fsp3) is 0.900. The van der Waals surface area contributed by atoms with Crippen LogP contribution in [0.25, 0.3) is 0 Å². The molecule has 0 aliphatic carbocycles. The van der Waals surface area contributed by atoms with Crippen molar-refractivity contribution in [3.8, 4) is 0 Å². The number of hydrogen-bond donors (Lipinski definition) is 2. The van der Waals surface area contributed by atoms with Crippen molar-refractivity contribution in [1.82, 2.24) is 25.3 Å². The van der Waals surface area contributed by atoms with Crippen LogP contribution in [-0.2, 0) is 4.74 Å². The smallest absolute Gasteiger partial charge is 0.407 e. The first-order chi connectivity index (χ1) is 13.3. The number of halogens is 1. The molecule has 170 valence electrons. The molecule has 0 bridgehead atoms. The van der Waals surface area contributed by atoms with Crippen molar-refractivity contribution in [1.29, 1.82) is 0 Å². The molecule has 29 heavy (non-hydrogen) atoms. The molecule has 0 aromatic carbocycles. The van der Waals surface area contributed by atoms with E-state index in [4.69, 9.17) is 9.73 Å². The molecule has 9 heteroatoms. The van der Waals surface area contributed by atoms with Gasteiger partial charge in [0.05, 0.1) is 12.6 Å². The second-order valence-corrected chi connectivity index (χ2v) is 8.59. The van der Waals surface area contributed by atoms with Crippen molar-refractivity contribution in [3.05, 3.63) is 0 Å². The molecule has 2 fully saturated rings. The lowest BCUT2D eigenvalue weighted by atomic mass is 10.2. The van der Waals surface area contributed by atoms with Crippen molar-refractivity contribution < 1.29 is 9.53 Å². The van der Waals surface area contributed by atoms with Gasteiger partial charge in [0.1, 0.15) is 5.60 Å². The van der Waals surface area contributed by atoms with Crippen molar-refractivity contribution in [2.75, 3.05) is 65.4 Å². The number of guanidine groups is 1. The summed E-state index contributed by atoms with van der Waals surface area (Å²) >= 11 is 0. The highest BCUT2D eigenvalue weighted by Gasteiger charge is 2.27. The molecule has 0 saturated carbocycles. The number of carbonyl (C=O) groups excluding carboxylic acids is 1. The third-order valence-corrected chi connectivity index (χ3v) is 5.13. The number of ether oxygens (including phenoxy) is 1. The van der Waals surface area contributed by atoms with Crippen molar-refractivity contribution in [2.45, 2.75) is 52.7 Å². The second kappa shape index (κ2) is 12.8. The molecule has 2 saturated heterocycles. The number of likely N-dealkylation sites (N-methyl/N-ethyl adjacent to an activating group) is 1. The number of amides is 1. The average Bonchev–Trinajstić information content (AvgIpc) is 3.08. The topological polar surface area (TPSA) is 72.4 Å². The van der Waals surface area contributed by atoms with Gasteiger partial charge in [-0.25, -0.2) is 4.79 Å². The van der Waals surface area contributed by atoms with Crippen LogP contribution in [-0.4, -0.2) is 104 Å². The lowest BCUT2D eigenvalue weighted by Crippen LogP contribution is -2.47. The van der Waals surface area contributed by atoms with Gasteiger partial charge >= 0.3 is 6.09 Å². The van der Waals surface area contributed by atoms with E-state index in [0.717, 1.165) is 77.8 Å². The van der Waals surface area contributed by atoms with Gasteiger partial charge in [-0.15, -0.1) is 24.0 Å². The Morgan fingerprint density at radius 2 is 1.76 bits per heavy atom. The van der Waals surface area contributed by atoms with E-state index >= 15 is 0 Å². The number of rotatable bonds is 6. The van der Waals surface area contributed by atoms with Gasteiger partial charge in [-0.1, -0.05) is 6.92 Å². The van der Waals surface area contributed by atoms with Gasteiger partial charge in [0.25, 0.3) is 0 Å². The molecule has 2 aliphatic heterocycles. The number of aliphatic imine (C=N–C) groups is 1. The van der Waals surface area contributed by atoms with Crippen LogP contribution in [0.4, 0.5) is 4.79 Å². The molecule has 1 atom stereocenters. The lowest BCUT2D eigenvalue weighted by Gasteiger charge is -2.33. The van der Waals surface area contributed by atoms with Gasteiger partial charge in [0, 0.05) is 52.4 Å². The summed E-state index contributed by atoms with van der Waals surface area (Å²) in [5.41, 5.74) is -0.471. The summed E-state index contributed by atoms with van der Waals surface area (Å²) in [6.07, 6.45) is 0.565. The maximum atomic E-state index is 12.0. The van der Waals surface area contributed by atoms with Crippen LogP contribution < -0.4 is 10.6 Å². The summed E-state index contributed by atoms with van der Waals surface area (Å²) in [6.45, 7) is 20.0. The second-order valence-electron chi connectivity index (χ2n) is 8.59. The van der Waals surface area contributed by atoms with E-state index in [1.54, 1.807) is 0 Å². The van der Waals surface area contributed by atoms with Crippen LogP contribution in [0.2, 0.25) is 0 Å². The molecule has 2 rings (SSSR count). The van der Waals surface area contributed by atoms with Gasteiger partial charge in [-0.3, -0.25) is 9.89 Å². The van der Waals surface area contributed by atoms with Crippen LogP contribution in [0, 0.1) is 0 Å². The van der Waals surface area contributed by atoms with E-state index in [0.29, 0.717) is 0 Å². The monoisotopic (exact) mass is 524 g/mol. The van der Waals surface area contributed by atoms with E-state index in [9.17, 15) is 4.79 Å². The van der Waals surface area contributed by atoms with Gasteiger partial charge in [0.2, 0.25) is 0 Å². The highest BCUT2D eigenvalue weighted by molar-refractivity contribution is 14.0. The maximum absolute atomic E-state index is 12.0. The van der Waals surface area contributed by atoms with E-state index in [1.807, 2.05) is 20.8 Å². The zero-order chi connectivity index (χ0) is 20.6. The van der Waals surface area contributed by atoms with Crippen molar-refractivity contribution in [3.63, 3.8) is 0 Å². The molecule has 1 amide bonds. The first-order valence-corrected chi connectivity index (χ1v) is 10.8. The van der Waals surface area contributed by atoms with Crippen LogP contribution >= 0.6 is 24.0 Å². The highest BCUT2D eigenvalue weighted by Crippen LogP contribution is 2.12. The van der Waals surface area contributed by atoms with Gasteiger partial charge in [-0.05, 0) is 40.7 Å². The first-order valence-electron chi connectivity index (χ1n) is 10.8. The zero-order valence-corrected chi connectivity index (χ0v) is 21.2. The predicted molar refractivity (Wildman–Crippen MR) is 129 cm³/mol. The van der Waals surface area contributed by atoms with Crippen molar-refractivity contribution >= 4 is 36.0 Å². The Morgan fingerprint density at radius 3 is 2.34 bits per heavy atom. The van der Waals surface area contributed by atoms with E-state index in [-0.39, 0.29) is 36.1 Å². The van der Waals surface area contributed by atoms with E-state index < -0.39 is 5.60 Å². The predicted octanol–water partition coefficient (Wildman–Crippen LogP) is 1.81. The number of nitrogens with one attached hydrogen (secondary N) is 2. The normalized spacial score (nSPS) is 21.6. The average molecular weight is 524 g/mol. The summed E-state index contributed by atoms with van der Waals surface area (Å²) in [5.74, 6) is 0.947. The molecule has 2 N–H and O–H groups in total. The first kappa shape index (κ1) is 26.2. The molecule has 2 aliphatic rings. The summed E-state index contributed by atoms with van der Waals surface area (Å²) in [5, 5.41) is 6.38. The number of nitrogens with zero attached hydrogens (tertiary/aromatic N) is 4. The third-order valence-electron chi connectivity index (χ3n) is 5.13. The standard InChI is InChI=1S/C20H40N6O2.HI/c1-6-21-18(22-9-11-25-14-12-24(7-2)13-15-25)26-10-8-17(16-26)23-19(27)28-20(3,4)5;/h17H,6-16H2,1-5H3,(H,21,22)(H,23,27);1H. The molecule has 0 spiro atoms. The lowest BCUT2D eigenvalue weighted by molar-refractivity contribution is 0.0507. The number of alkyl carbamates (subject to hydrolysis) is 1. The number of likely N-dealkylation sites (tertiary alicyclic amines) is 1. The summed E-state index contributed by atoms with van der Waals surface area (Å²) in [4.78, 5) is 24.1. The summed E-state index contributed by atoms with van der Waals surface area (Å²) < 4.78 is 5.37. The number of carbonyl (C=O) groups is 1. The van der Waals surface area contributed by atoms with Crippen LogP contribution in [0.3, 0.4) is 0 Å². The van der Waals surface area contributed by atoms with Gasteiger partial charge in [-0.2, -0.15) is 0 Å². The summed E-state index contributed by atoms with van der Waals surface area (Å²) in [7, 11) is 0. The largest absolute Gasteiger partial charge is 0.444 e. The SMILES string of the molecule is CCNC(=NCCN1CCN(CC)CC1)N1CCC(NC(=O)OC(C)(C)C)C1.I. The van der Waals surface area contributed by atoms with Crippen LogP contribution in [0.15, 0.2) is 4.99 Å². The minimum Gasteiger partial charge on any atom is -0.444 e. The molecule has 2 heterocycles. The summed E-state index contributed by atoms with van der Waals surface area (Å²) in [6, 6.07) is 0.0980. The highest BCUT2D eigenvalue weighted by atomic mass is 127. The molecular weight excluding hydrogens is 483 g/mol. The zero-order valence-electron chi connectivity index (χ0n) is 18.9. The van der Waals surface area contributed by atoms with E-state index in [2.05, 4.69) is 39.2 Å². The van der Waals surface area contributed by atoms with Gasteiger partial charge < -0.3 is 25.2 Å². The Bertz CT molecular complexity index is 518. The quantitative estimate of drug-likeness (QED) is 0.314. The Balaban J connectivity index is 0.00000420. The molecule has 0 aromatic rings. The fourth-order valence-electron chi connectivity index (χ4n) is 3.60. The molecular formula is C20H41IN6O2. The van der Waals surface area contributed by atoms with Gasteiger partial charge in [0.15, 0.2) is 5.96 Å². The molecule has 0 radical (unpaired) electrons. The van der Waals surface area contributed by atoms with Crippen molar-refractivity contribution in [2.24, 2.45) is 4.99 Å².